The van der Waals surface area contributed by atoms with Crippen molar-refractivity contribution in [2.75, 3.05) is 6.61 Å². The van der Waals surface area contributed by atoms with Crippen molar-refractivity contribution in [2.24, 2.45) is 0 Å². The van der Waals surface area contributed by atoms with Crippen molar-refractivity contribution in [1.29, 1.82) is 0 Å². The van der Waals surface area contributed by atoms with Crippen molar-refractivity contribution in [3.05, 3.63) is 78.3 Å². The van der Waals surface area contributed by atoms with Crippen LogP contribution < -0.4 is 5.32 Å². The van der Waals surface area contributed by atoms with E-state index in [1.807, 2.05) is 60.7 Å². The average molecular weight is 336 g/mol. The van der Waals surface area contributed by atoms with Gasteiger partial charge in [-0.25, -0.2) is 4.98 Å². The fourth-order valence-corrected chi connectivity index (χ4v) is 2.57. The fraction of sp³-hybridized carbons (Fsp3) is 0.200. The first-order valence-electron chi connectivity index (χ1n) is 8.21. The van der Waals surface area contributed by atoms with E-state index in [1.165, 1.54) is 0 Å². The molecule has 0 fully saturated rings. The Morgan fingerprint density at radius 2 is 1.76 bits per heavy atom. The lowest BCUT2D eigenvalue weighted by atomic mass is 10.1. The minimum absolute atomic E-state index is 0.146. The van der Waals surface area contributed by atoms with E-state index in [-0.39, 0.29) is 18.9 Å². The Kier molecular flexibility index (Phi) is 5.59. The number of aliphatic hydroxyl groups is 1. The number of rotatable bonds is 7. The van der Waals surface area contributed by atoms with Gasteiger partial charge in [-0.3, -0.25) is 4.79 Å². The van der Waals surface area contributed by atoms with Gasteiger partial charge in [-0.05, 0) is 5.56 Å². The van der Waals surface area contributed by atoms with Crippen LogP contribution in [0.15, 0.2) is 71.3 Å². The van der Waals surface area contributed by atoms with Crippen LogP contribution in [0.5, 0.6) is 0 Å². The summed E-state index contributed by atoms with van der Waals surface area (Å²) >= 11 is 0. The Morgan fingerprint density at radius 3 is 2.44 bits per heavy atom. The molecule has 0 spiro atoms. The first-order valence-corrected chi connectivity index (χ1v) is 8.21. The Labute approximate surface area is 146 Å². The highest BCUT2D eigenvalue weighted by Gasteiger charge is 2.14. The summed E-state index contributed by atoms with van der Waals surface area (Å²) in [6.45, 7) is -0.146. The van der Waals surface area contributed by atoms with Crippen molar-refractivity contribution in [3.8, 4) is 11.3 Å². The molecule has 0 aliphatic carbocycles. The molecule has 0 aliphatic rings. The number of carbonyl (C=O) groups excluding carboxylic acids is 1. The summed E-state index contributed by atoms with van der Waals surface area (Å²) in [6, 6.07) is 18.7. The summed E-state index contributed by atoms with van der Waals surface area (Å²) < 4.78 is 5.70. The number of aryl methyl sites for hydroxylation is 1. The summed E-state index contributed by atoms with van der Waals surface area (Å²) in [6.07, 6.45) is 2.33. The molecule has 3 aromatic rings. The molecule has 5 heteroatoms. The molecule has 0 aliphatic heterocycles. The van der Waals surface area contributed by atoms with E-state index < -0.39 is 6.04 Å². The van der Waals surface area contributed by atoms with Gasteiger partial charge in [0.25, 0.3) is 0 Å². The van der Waals surface area contributed by atoms with Crippen LogP contribution in [-0.4, -0.2) is 22.6 Å². The topological polar surface area (TPSA) is 75.4 Å². The minimum Gasteiger partial charge on any atom is -0.441 e. The van der Waals surface area contributed by atoms with Gasteiger partial charge in [0, 0.05) is 18.4 Å². The first-order chi connectivity index (χ1) is 12.3. The number of hydrogen-bond donors (Lipinski definition) is 2. The molecule has 1 unspecified atom stereocenters. The smallest absolute Gasteiger partial charge is 0.221 e. The van der Waals surface area contributed by atoms with Crippen LogP contribution in [0.2, 0.25) is 0 Å². The van der Waals surface area contributed by atoms with Crippen molar-refractivity contribution in [1.82, 2.24) is 10.3 Å². The largest absolute Gasteiger partial charge is 0.441 e. The van der Waals surface area contributed by atoms with Crippen molar-refractivity contribution >= 4 is 5.91 Å². The molecule has 25 heavy (non-hydrogen) atoms. The van der Waals surface area contributed by atoms with Crippen LogP contribution in [0, 0.1) is 0 Å². The zero-order valence-corrected chi connectivity index (χ0v) is 13.8. The molecular formula is C20H20N2O3. The molecule has 3 rings (SSSR count). The summed E-state index contributed by atoms with van der Waals surface area (Å²) in [4.78, 5) is 16.4. The molecule has 0 bridgehead atoms. The highest BCUT2D eigenvalue weighted by Crippen LogP contribution is 2.20. The highest BCUT2D eigenvalue weighted by molar-refractivity contribution is 5.76. The zero-order valence-electron chi connectivity index (χ0n) is 13.8. The maximum Gasteiger partial charge on any atom is 0.221 e. The second-order valence-electron chi connectivity index (χ2n) is 5.70. The number of benzene rings is 2. The van der Waals surface area contributed by atoms with Crippen LogP contribution >= 0.6 is 0 Å². The number of oxazole rings is 1. The van der Waals surface area contributed by atoms with E-state index in [0.717, 1.165) is 11.1 Å². The molecule has 1 amide bonds. The normalized spacial score (nSPS) is 11.9. The number of aliphatic hydroxyl groups excluding tert-OH is 1. The zero-order chi connectivity index (χ0) is 17.5. The van der Waals surface area contributed by atoms with Crippen LogP contribution in [0.1, 0.15) is 23.9 Å². The Bertz CT molecular complexity index is 800. The average Bonchev–Trinajstić information content (AvgIpc) is 3.15. The van der Waals surface area contributed by atoms with Gasteiger partial charge in [-0.2, -0.15) is 0 Å². The number of hydrogen-bond acceptors (Lipinski definition) is 4. The van der Waals surface area contributed by atoms with E-state index in [4.69, 9.17) is 4.42 Å². The minimum atomic E-state index is -0.405. The van der Waals surface area contributed by atoms with Crippen LogP contribution in [0.4, 0.5) is 0 Å². The number of nitrogens with zero attached hydrogens (tertiary/aromatic N) is 1. The summed E-state index contributed by atoms with van der Waals surface area (Å²) in [5, 5.41) is 12.3. The molecule has 0 radical (unpaired) electrons. The molecular weight excluding hydrogens is 316 g/mol. The monoisotopic (exact) mass is 336 g/mol. The van der Waals surface area contributed by atoms with E-state index >= 15 is 0 Å². The van der Waals surface area contributed by atoms with Gasteiger partial charge in [0.2, 0.25) is 5.91 Å². The van der Waals surface area contributed by atoms with E-state index in [9.17, 15) is 9.90 Å². The molecule has 5 nitrogen and oxygen atoms in total. The van der Waals surface area contributed by atoms with Crippen LogP contribution in [0.25, 0.3) is 11.3 Å². The predicted octanol–water partition coefficient (Wildman–Crippen LogP) is 3.12. The molecule has 1 heterocycles. The first kappa shape index (κ1) is 16.9. The van der Waals surface area contributed by atoms with Crippen LogP contribution in [0.3, 0.4) is 0 Å². The lowest BCUT2D eigenvalue weighted by Crippen LogP contribution is -2.30. The third-order valence-electron chi connectivity index (χ3n) is 3.90. The molecule has 1 aromatic heterocycles. The number of amides is 1. The molecule has 0 saturated carbocycles. The molecule has 2 N–H and O–H groups in total. The van der Waals surface area contributed by atoms with Gasteiger partial charge in [0.15, 0.2) is 11.7 Å². The highest BCUT2D eigenvalue weighted by atomic mass is 16.4. The van der Waals surface area contributed by atoms with E-state index in [2.05, 4.69) is 10.3 Å². The summed E-state index contributed by atoms with van der Waals surface area (Å²) in [5.41, 5.74) is 1.83. The van der Waals surface area contributed by atoms with Crippen molar-refractivity contribution in [2.45, 2.75) is 18.9 Å². The number of nitrogens with one attached hydrogen (secondary N) is 1. The SMILES string of the molecule is O=C(CCc1ncc(-c2ccccc2)o1)NC(CO)c1ccccc1. The maximum atomic E-state index is 12.1. The Morgan fingerprint density at radius 1 is 1.08 bits per heavy atom. The van der Waals surface area contributed by atoms with Crippen molar-refractivity contribution < 1.29 is 14.3 Å². The van der Waals surface area contributed by atoms with Gasteiger partial charge >= 0.3 is 0 Å². The van der Waals surface area contributed by atoms with Crippen LogP contribution in [-0.2, 0) is 11.2 Å². The van der Waals surface area contributed by atoms with E-state index in [1.54, 1.807) is 6.20 Å². The van der Waals surface area contributed by atoms with Gasteiger partial charge in [0.1, 0.15) is 0 Å². The van der Waals surface area contributed by atoms with Gasteiger partial charge in [0.05, 0.1) is 18.8 Å². The second-order valence-corrected chi connectivity index (χ2v) is 5.70. The lowest BCUT2D eigenvalue weighted by Gasteiger charge is -2.16. The number of aromatic nitrogens is 1. The van der Waals surface area contributed by atoms with Crippen molar-refractivity contribution in [3.63, 3.8) is 0 Å². The molecule has 128 valence electrons. The quantitative estimate of drug-likeness (QED) is 0.695. The third kappa shape index (κ3) is 4.55. The summed E-state index contributed by atoms with van der Waals surface area (Å²) in [7, 11) is 0. The molecule has 2 aromatic carbocycles. The number of carbonyl (C=O) groups is 1. The van der Waals surface area contributed by atoms with E-state index in [0.29, 0.717) is 18.1 Å². The Balaban J connectivity index is 1.55. The second kappa shape index (κ2) is 8.26. The maximum absolute atomic E-state index is 12.1. The molecule has 1 atom stereocenters. The molecule has 0 saturated heterocycles. The lowest BCUT2D eigenvalue weighted by molar-refractivity contribution is -0.122. The van der Waals surface area contributed by atoms with Gasteiger partial charge in [-0.15, -0.1) is 0 Å². The predicted molar refractivity (Wildman–Crippen MR) is 94.7 cm³/mol. The Hall–Kier alpha value is -2.92. The fourth-order valence-electron chi connectivity index (χ4n) is 2.57. The van der Waals surface area contributed by atoms with Gasteiger partial charge in [-0.1, -0.05) is 60.7 Å². The van der Waals surface area contributed by atoms with Gasteiger partial charge < -0.3 is 14.8 Å². The summed E-state index contributed by atoms with van der Waals surface area (Å²) in [5.74, 6) is 1.06. The standard InChI is InChI=1S/C20H20N2O3/c23-14-17(15-7-3-1-4-8-15)22-19(24)11-12-20-21-13-18(25-20)16-9-5-2-6-10-16/h1-10,13,17,23H,11-12,14H2,(H,22,24). The third-order valence-corrected chi connectivity index (χ3v) is 3.90.